The van der Waals surface area contributed by atoms with Crippen molar-refractivity contribution >= 4 is 11.2 Å². The van der Waals surface area contributed by atoms with Crippen LogP contribution in [0.4, 0.5) is 4.39 Å². The molecule has 0 bridgehead atoms. The molecule has 4 aromatic rings. The largest absolute Gasteiger partial charge is 0.507 e. The highest BCUT2D eigenvalue weighted by Gasteiger charge is 2.15. The van der Waals surface area contributed by atoms with Gasteiger partial charge in [0.15, 0.2) is 11.6 Å². The minimum absolute atomic E-state index is 0.0345. The molecule has 0 spiro atoms. The van der Waals surface area contributed by atoms with Crippen molar-refractivity contribution in [3.05, 3.63) is 59.0 Å². The van der Waals surface area contributed by atoms with Crippen LogP contribution in [0.1, 0.15) is 16.7 Å². The fourth-order valence-electron chi connectivity index (χ4n) is 2.76. The average molecular weight is 365 g/mol. The standard InChI is InChI=1S/C20H16FN3O3/c1-10-4-5-14(21)16(6-10)26-20-22-9-15-19(24-20)27-18(23-15)13-7-11(2)17(25)12(3)8-13/h4-9,25H,1-3H3. The van der Waals surface area contributed by atoms with Crippen molar-refractivity contribution in [2.75, 3.05) is 0 Å². The third kappa shape index (κ3) is 3.19. The van der Waals surface area contributed by atoms with Gasteiger partial charge < -0.3 is 14.3 Å². The number of aromatic nitrogens is 3. The summed E-state index contributed by atoms with van der Waals surface area (Å²) >= 11 is 0. The van der Waals surface area contributed by atoms with Crippen LogP contribution in [0.15, 0.2) is 40.9 Å². The topological polar surface area (TPSA) is 81.3 Å². The molecule has 1 N–H and O–H groups in total. The molecular formula is C20H16FN3O3. The molecule has 136 valence electrons. The van der Waals surface area contributed by atoms with Crippen molar-refractivity contribution in [3.8, 4) is 29.0 Å². The van der Waals surface area contributed by atoms with E-state index >= 15 is 0 Å². The molecule has 27 heavy (non-hydrogen) atoms. The first kappa shape index (κ1) is 17.0. The number of aryl methyl sites for hydroxylation is 3. The SMILES string of the molecule is Cc1ccc(F)c(Oc2ncc3nc(-c4cc(C)c(O)c(C)c4)oc3n2)c1. The maximum atomic E-state index is 13.9. The van der Waals surface area contributed by atoms with E-state index < -0.39 is 5.82 Å². The molecule has 0 saturated heterocycles. The van der Waals surface area contributed by atoms with Crippen LogP contribution in [0.2, 0.25) is 0 Å². The lowest BCUT2D eigenvalue weighted by Crippen LogP contribution is -1.94. The van der Waals surface area contributed by atoms with Gasteiger partial charge >= 0.3 is 6.01 Å². The molecule has 0 radical (unpaired) electrons. The number of benzene rings is 2. The first-order chi connectivity index (χ1) is 12.9. The number of phenolic OH excluding ortho intramolecular Hbond substituents is 1. The van der Waals surface area contributed by atoms with Gasteiger partial charge in [-0.3, -0.25) is 0 Å². The number of halogens is 1. The van der Waals surface area contributed by atoms with Gasteiger partial charge in [0, 0.05) is 5.56 Å². The van der Waals surface area contributed by atoms with Gasteiger partial charge in [-0.05, 0) is 61.7 Å². The lowest BCUT2D eigenvalue weighted by atomic mass is 10.1. The predicted molar refractivity (Wildman–Crippen MR) is 97.4 cm³/mol. The van der Waals surface area contributed by atoms with E-state index in [1.165, 1.54) is 12.3 Å². The molecule has 0 fully saturated rings. The highest BCUT2D eigenvalue weighted by Crippen LogP contribution is 2.31. The van der Waals surface area contributed by atoms with E-state index in [4.69, 9.17) is 9.15 Å². The molecule has 0 saturated carbocycles. The normalized spacial score (nSPS) is 11.1. The summed E-state index contributed by atoms with van der Waals surface area (Å²) in [6.07, 6.45) is 1.46. The Kier molecular flexibility index (Phi) is 3.99. The second-order valence-electron chi connectivity index (χ2n) is 6.36. The van der Waals surface area contributed by atoms with Crippen LogP contribution in [0.25, 0.3) is 22.7 Å². The second-order valence-corrected chi connectivity index (χ2v) is 6.36. The highest BCUT2D eigenvalue weighted by atomic mass is 19.1. The fraction of sp³-hybridized carbons (Fsp3) is 0.150. The van der Waals surface area contributed by atoms with Crippen molar-refractivity contribution in [3.63, 3.8) is 0 Å². The Morgan fingerprint density at radius 3 is 2.52 bits per heavy atom. The summed E-state index contributed by atoms with van der Waals surface area (Å²) in [5.41, 5.74) is 3.69. The zero-order valence-electron chi connectivity index (χ0n) is 14.9. The molecule has 0 atom stereocenters. The third-order valence-corrected chi connectivity index (χ3v) is 4.15. The van der Waals surface area contributed by atoms with Gasteiger partial charge in [-0.15, -0.1) is 0 Å². The summed E-state index contributed by atoms with van der Waals surface area (Å²) in [5, 5.41) is 9.92. The van der Waals surface area contributed by atoms with Crippen molar-refractivity contribution < 1.29 is 18.7 Å². The zero-order valence-corrected chi connectivity index (χ0v) is 14.9. The number of fused-ring (bicyclic) bond motifs is 1. The molecule has 0 aliphatic heterocycles. The number of nitrogens with zero attached hydrogens (tertiary/aromatic N) is 3. The maximum Gasteiger partial charge on any atom is 0.325 e. The van der Waals surface area contributed by atoms with Crippen LogP contribution in [0, 0.1) is 26.6 Å². The molecule has 6 nitrogen and oxygen atoms in total. The smallest absolute Gasteiger partial charge is 0.325 e. The van der Waals surface area contributed by atoms with E-state index in [1.807, 2.05) is 6.92 Å². The zero-order chi connectivity index (χ0) is 19.1. The Morgan fingerprint density at radius 1 is 1.04 bits per heavy atom. The molecule has 0 amide bonds. The summed E-state index contributed by atoms with van der Waals surface area (Å²) in [6.45, 7) is 5.44. The lowest BCUT2D eigenvalue weighted by molar-refractivity contribution is 0.410. The molecular weight excluding hydrogens is 349 g/mol. The number of oxazole rings is 1. The molecule has 0 aliphatic carbocycles. The first-order valence-corrected chi connectivity index (χ1v) is 8.29. The van der Waals surface area contributed by atoms with Gasteiger partial charge in [0.1, 0.15) is 11.3 Å². The second kappa shape index (κ2) is 6.35. The first-order valence-electron chi connectivity index (χ1n) is 8.29. The lowest BCUT2D eigenvalue weighted by Gasteiger charge is -2.05. The summed E-state index contributed by atoms with van der Waals surface area (Å²) in [5.74, 6) is 0.131. The molecule has 4 rings (SSSR count). The monoisotopic (exact) mass is 365 g/mol. The minimum atomic E-state index is -0.502. The van der Waals surface area contributed by atoms with Crippen LogP contribution in [-0.4, -0.2) is 20.1 Å². The van der Waals surface area contributed by atoms with E-state index in [1.54, 1.807) is 38.1 Å². The Labute approximate surface area is 154 Å². The molecule has 0 aliphatic rings. The average Bonchev–Trinajstić information content (AvgIpc) is 3.06. The van der Waals surface area contributed by atoms with Gasteiger partial charge in [-0.25, -0.2) is 14.4 Å². The number of aromatic hydroxyl groups is 1. The summed E-state index contributed by atoms with van der Waals surface area (Å²) in [7, 11) is 0. The number of phenols is 1. The molecule has 2 aromatic carbocycles. The number of rotatable bonds is 3. The Morgan fingerprint density at radius 2 is 1.78 bits per heavy atom. The summed E-state index contributed by atoms with van der Waals surface area (Å²) in [4.78, 5) is 12.6. The van der Waals surface area contributed by atoms with Crippen LogP contribution in [0.5, 0.6) is 17.5 Å². The van der Waals surface area contributed by atoms with Crippen molar-refractivity contribution in [2.45, 2.75) is 20.8 Å². The molecule has 2 aromatic heterocycles. The van der Waals surface area contributed by atoms with E-state index in [9.17, 15) is 9.50 Å². The number of ether oxygens (including phenoxy) is 1. The predicted octanol–water partition coefficient (Wildman–Crippen LogP) is 4.85. The third-order valence-electron chi connectivity index (χ3n) is 4.15. The highest BCUT2D eigenvalue weighted by molar-refractivity contribution is 5.72. The Balaban J connectivity index is 1.71. The van der Waals surface area contributed by atoms with E-state index in [0.29, 0.717) is 17.0 Å². The Bertz CT molecular complexity index is 1150. The fourth-order valence-corrected chi connectivity index (χ4v) is 2.76. The van der Waals surface area contributed by atoms with Crippen LogP contribution in [0.3, 0.4) is 0 Å². The maximum absolute atomic E-state index is 13.9. The van der Waals surface area contributed by atoms with E-state index in [0.717, 1.165) is 16.7 Å². The van der Waals surface area contributed by atoms with Gasteiger partial charge in [0.25, 0.3) is 5.71 Å². The van der Waals surface area contributed by atoms with Gasteiger partial charge in [0.05, 0.1) is 6.20 Å². The van der Waals surface area contributed by atoms with Crippen molar-refractivity contribution in [1.82, 2.24) is 15.0 Å². The number of hydrogen-bond donors (Lipinski definition) is 1. The quantitative estimate of drug-likeness (QED) is 0.559. The van der Waals surface area contributed by atoms with Crippen LogP contribution in [-0.2, 0) is 0 Å². The molecule has 7 heteroatoms. The van der Waals surface area contributed by atoms with E-state index in [-0.39, 0.29) is 23.2 Å². The van der Waals surface area contributed by atoms with E-state index in [2.05, 4.69) is 15.0 Å². The van der Waals surface area contributed by atoms with Crippen molar-refractivity contribution in [1.29, 1.82) is 0 Å². The summed E-state index contributed by atoms with van der Waals surface area (Å²) < 4.78 is 25.0. The molecule has 0 unspecified atom stereocenters. The Hall–Kier alpha value is -3.48. The number of hydrogen-bond acceptors (Lipinski definition) is 6. The van der Waals surface area contributed by atoms with Gasteiger partial charge in [-0.1, -0.05) is 6.07 Å². The van der Waals surface area contributed by atoms with Crippen LogP contribution < -0.4 is 4.74 Å². The van der Waals surface area contributed by atoms with Gasteiger partial charge in [0.2, 0.25) is 5.89 Å². The summed E-state index contributed by atoms with van der Waals surface area (Å²) in [6, 6.07) is 8.06. The van der Waals surface area contributed by atoms with Crippen molar-refractivity contribution in [2.24, 2.45) is 0 Å². The van der Waals surface area contributed by atoms with Gasteiger partial charge in [-0.2, -0.15) is 4.98 Å². The minimum Gasteiger partial charge on any atom is -0.507 e. The molecule has 2 heterocycles. The van der Waals surface area contributed by atoms with Crippen LogP contribution >= 0.6 is 0 Å².